The number of hydrogen-bond donors (Lipinski definition) is 1. The van der Waals surface area contributed by atoms with E-state index >= 15 is 0 Å². The number of hydrogen-bond acceptors (Lipinski definition) is 2. The molecular weight excluding hydrogens is 302 g/mol. The Bertz CT molecular complexity index is 581. The summed E-state index contributed by atoms with van der Waals surface area (Å²) < 4.78 is 6.44. The van der Waals surface area contributed by atoms with E-state index in [1.54, 1.807) is 7.11 Å². The van der Waals surface area contributed by atoms with Crippen molar-refractivity contribution >= 4 is 21.6 Å². The van der Waals surface area contributed by atoms with Crippen LogP contribution in [0.3, 0.4) is 0 Å². The van der Waals surface area contributed by atoms with E-state index in [1.165, 1.54) is 11.1 Å². The molecule has 0 saturated heterocycles. The van der Waals surface area contributed by atoms with Crippen molar-refractivity contribution in [2.24, 2.45) is 0 Å². The molecular formula is C16H18BrNO. The number of aryl methyl sites for hydroxylation is 2. The van der Waals surface area contributed by atoms with Crippen molar-refractivity contribution in [2.75, 3.05) is 12.4 Å². The third-order valence-corrected chi connectivity index (χ3v) is 3.59. The van der Waals surface area contributed by atoms with Gasteiger partial charge in [-0.25, -0.2) is 0 Å². The number of methoxy groups -OCH3 is 1. The Kier molecular flexibility index (Phi) is 4.48. The Morgan fingerprint density at radius 2 is 1.89 bits per heavy atom. The maximum absolute atomic E-state index is 5.38. The molecule has 0 radical (unpaired) electrons. The minimum Gasteiger partial charge on any atom is -0.496 e. The number of halogens is 1. The van der Waals surface area contributed by atoms with Gasteiger partial charge in [0.25, 0.3) is 0 Å². The fourth-order valence-electron chi connectivity index (χ4n) is 2.09. The van der Waals surface area contributed by atoms with Gasteiger partial charge in [0, 0.05) is 22.3 Å². The molecule has 2 aromatic rings. The summed E-state index contributed by atoms with van der Waals surface area (Å²) in [6.07, 6.45) is 0. The van der Waals surface area contributed by atoms with Crippen LogP contribution in [0.2, 0.25) is 0 Å². The lowest BCUT2D eigenvalue weighted by Gasteiger charge is -2.13. The second-order valence-electron chi connectivity index (χ2n) is 4.63. The molecule has 0 atom stereocenters. The van der Waals surface area contributed by atoms with Crippen LogP contribution in [0.15, 0.2) is 40.9 Å². The first-order valence-electron chi connectivity index (χ1n) is 6.23. The molecule has 0 amide bonds. The lowest BCUT2D eigenvalue weighted by atomic mass is 10.1. The quantitative estimate of drug-likeness (QED) is 0.883. The number of anilines is 1. The SMILES string of the molecule is COc1ccc(Br)cc1CNc1ccc(C)cc1C. The van der Waals surface area contributed by atoms with E-state index in [1.807, 2.05) is 12.1 Å². The molecule has 0 saturated carbocycles. The van der Waals surface area contributed by atoms with Crippen molar-refractivity contribution in [1.82, 2.24) is 0 Å². The Morgan fingerprint density at radius 3 is 2.58 bits per heavy atom. The normalized spacial score (nSPS) is 10.3. The van der Waals surface area contributed by atoms with Crippen molar-refractivity contribution in [3.05, 3.63) is 57.6 Å². The largest absolute Gasteiger partial charge is 0.496 e. The Morgan fingerprint density at radius 1 is 1.11 bits per heavy atom. The molecule has 100 valence electrons. The first-order valence-corrected chi connectivity index (χ1v) is 7.03. The summed E-state index contributed by atoms with van der Waals surface area (Å²) >= 11 is 3.49. The van der Waals surface area contributed by atoms with Gasteiger partial charge in [-0.3, -0.25) is 0 Å². The average Bonchev–Trinajstić information content (AvgIpc) is 2.38. The minimum atomic E-state index is 0.743. The van der Waals surface area contributed by atoms with Crippen molar-refractivity contribution in [1.29, 1.82) is 0 Å². The zero-order valence-corrected chi connectivity index (χ0v) is 13.0. The van der Waals surface area contributed by atoms with Crippen LogP contribution in [0.4, 0.5) is 5.69 Å². The van der Waals surface area contributed by atoms with Crippen LogP contribution in [0.5, 0.6) is 5.75 Å². The summed E-state index contributed by atoms with van der Waals surface area (Å²) in [7, 11) is 1.70. The Hall–Kier alpha value is -1.48. The van der Waals surface area contributed by atoms with E-state index in [-0.39, 0.29) is 0 Å². The highest BCUT2D eigenvalue weighted by molar-refractivity contribution is 9.10. The van der Waals surface area contributed by atoms with Crippen molar-refractivity contribution in [2.45, 2.75) is 20.4 Å². The number of ether oxygens (including phenoxy) is 1. The molecule has 0 spiro atoms. The number of nitrogens with one attached hydrogen (secondary N) is 1. The van der Waals surface area contributed by atoms with E-state index in [4.69, 9.17) is 4.74 Å². The second kappa shape index (κ2) is 6.11. The van der Waals surface area contributed by atoms with Gasteiger partial charge in [0.1, 0.15) is 5.75 Å². The van der Waals surface area contributed by atoms with E-state index in [9.17, 15) is 0 Å². The fourth-order valence-corrected chi connectivity index (χ4v) is 2.50. The molecule has 1 N–H and O–H groups in total. The van der Waals surface area contributed by atoms with Crippen LogP contribution < -0.4 is 10.1 Å². The van der Waals surface area contributed by atoms with Gasteiger partial charge in [-0.15, -0.1) is 0 Å². The van der Waals surface area contributed by atoms with Gasteiger partial charge in [-0.05, 0) is 43.7 Å². The molecule has 0 heterocycles. The molecule has 2 aromatic carbocycles. The van der Waals surface area contributed by atoms with Gasteiger partial charge in [0.05, 0.1) is 7.11 Å². The molecule has 0 aliphatic heterocycles. The van der Waals surface area contributed by atoms with Gasteiger partial charge in [0.15, 0.2) is 0 Å². The Labute approximate surface area is 122 Å². The zero-order valence-electron chi connectivity index (χ0n) is 11.5. The van der Waals surface area contributed by atoms with E-state index in [0.717, 1.165) is 28.0 Å². The average molecular weight is 320 g/mol. The molecule has 0 aliphatic rings. The monoisotopic (exact) mass is 319 g/mol. The number of rotatable bonds is 4. The molecule has 0 bridgehead atoms. The first kappa shape index (κ1) is 13.9. The summed E-state index contributed by atoms with van der Waals surface area (Å²) in [5.41, 5.74) is 4.83. The van der Waals surface area contributed by atoms with Crippen LogP contribution in [0, 0.1) is 13.8 Å². The maximum atomic E-state index is 5.38. The van der Waals surface area contributed by atoms with Gasteiger partial charge < -0.3 is 10.1 Å². The molecule has 0 fully saturated rings. The highest BCUT2D eigenvalue weighted by Crippen LogP contribution is 2.24. The highest BCUT2D eigenvalue weighted by atomic mass is 79.9. The highest BCUT2D eigenvalue weighted by Gasteiger charge is 2.04. The van der Waals surface area contributed by atoms with Crippen molar-refractivity contribution in [3.63, 3.8) is 0 Å². The summed E-state index contributed by atoms with van der Waals surface area (Å²) in [5, 5.41) is 3.46. The maximum Gasteiger partial charge on any atom is 0.123 e. The van der Waals surface area contributed by atoms with Gasteiger partial charge in [0.2, 0.25) is 0 Å². The standard InChI is InChI=1S/C16H18BrNO/c1-11-4-6-15(12(2)8-11)18-10-13-9-14(17)5-7-16(13)19-3/h4-9,18H,10H2,1-3H3. The van der Waals surface area contributed by atoms with E-state index < -0.39 is 0 Å². The van der Waals surface area contributed by atoms with Crippen LogP contribution in [-0.2, 0) is 6.54 Å². The van der Waals surface area contributed by atoms with Crippen molar-refractivity contribution < 1.29 is 4.74 Å². The summed E-state index contributed by atoms with van der Waals surface area (Å²) in [6, 6.07) is 12.5. The van der Waals surface area contributed by atoms with Gasteiger partial charge in [-0.1, -0.05) is 33.6 Å². The van der Waals surface area contributed by atoms with Crippen LogP contribution in [0.25, 0.3) is 0 Å². The van der Waals surface area contributed by atoms with Crippen molar-refractivity contribution in [3.8, 4) is 5.75 Å². The molecule has 3 heteroatoms. The predicted octanol–water partition coefficient (Wildman–Crippen LogP) is 4.69. The summed E-state index contributed by atoms with van der Waals surface area (Å²) in [4.78, 5) is 0. The fraction of sp³-hybridized carbons (Fsp3) is 0.250. The number of benzene rings is 2. The van der Waals surface area contributed by atoms with Gasteiger partial charge in [-0.2, -0.15) is 0 Å². The van der Waals surface area contributed by atoms with Gasteiger partial charge >= 0.3 is 0 Å². The zero-order chi connectivity index (χ0) is 13.8. The van der Waals surface area contributed by atoms with Crippen LogP contribution in [0.1, 0.15) is 16.7 Å². The predicted molar refractivity (Wildman–Crippen MR) is 83.9 cm³/mol. The third-order valence-electron chi connectivity index (χ3n) is 3.09. The lowest BCUT2D eigenvalue weighted by molar-refractivity contribution is 0.410. The third kappa shape index (κ3) is 3.51. The van der Waals surface area contributed by atoms with Crippen LogP contribution >= 0.6 is 15.9 Å². The minimum absolute atomic E-state index is 0.743. The topological polar surface area (TPSA) is 21.3 Å². The van der Waals surface area contributed by atoms with E-state index in [2.05, 4.69) is 59.4 Å². The van der Waals surface area contributed by atoms with E-state index in [0.29, 0.717) is 0 Å². The summed E-state index contributed by atoms with van der Waals surface area (Å²) in [5.74, 6) is 0.903. The van der Waals surface area contributed by atoms with Crippen LogP contribution in [-0.4, -0.2) is 7.11 Å². The molecule has 2 rings (SSSR count). The Balaban J connectivity index is 2.16. The molecule has 19 heavy (non-hydrogen) atoms. The molecule has 0 aromatic heterocycles. The molecule has 0 unspecified atom stereocenters. The first-order chi connectivity index (χ1) is 9.10. The summed E-state index contributed by atoms with van der Waals surface area (Å²) in [6.45, 7) is 4.97. The smallest absolute Gasteiger partial charge is 0.123 e. The molecule has 0 aliphatic carbocycles. The lowest BCUT2D eigenvalue weighted by Crippen LogP contribution is -2.03. The molecule has 2 nitrogen and oxygen atoms in total. The second-order valence-corrected chi connectivity index (χ2v) is 5.54.